The Morgan fingerprint density at radius 3 is 2.78 bits per heavy atom. The van der Waals surface area contributed by atoms with Gasteiger partial charge in [0.1, 0.15) is 5.03 Å². The van der Waals surface area contributed by atoms with Gasteiger partial charge in [-0.3, -0.25) is 4.79 Å². The fraction of sp³-hybridized carbons (Fsp3) is 0.286. The van der Waals surface area contributed by atoms with Crippen molar-refractivity contribution in [2.24, 2.45) is 0 Å². The third-order valence-corrected chi connectivity index (χ3v) is 5.51. The molecule has 3 aromatic rings. The fourth-order valence-corrected chi connectivity index (χ4v) is 3.77. The van der Waals surface area contributed by atoms with E-state index >= 15 is 0 Å². The monoisotopic (exact) mass is 379 g/mol. The van der Waals surface area contributed by atoms with Crippen LogP contribution in [0.3, 0.4) is 0 Å². The number of hydrogen-bond acceptors (Lipinski definition) is 5. The van der Waals surface area contributed by atoms with Crippen molar-refractivity contribution in [2.75, 3.05) is 18.9 Å². The molecule has 2 aromatic carbocycles. The summed E-state index contributed by atoms with van der Waals surface area (Å²) in [6.45, 7) is 1.39. The van der Waals surface area contributed by atoms with E-state index in [0.717, 1.165) is 35.7 Å². The van der Waals surface area contributed by atoms with Gasteiger partial charge in [-0.15, -0.1) is 10.2 Å². The first-order valence-corrected chi connectivity index (χ1v) is 10.1. The summed E-state index contributed by atoms with van der Waals surface area (Å²) in [5.74, 6) is 0.326. The zero-order valence-corrected chi connectivity index (χ0v) is 15.7. The Balaban J connectivity index is 1.33. The Hall–Kier alpha value is -2.44. The number of carbonyl (C=O) groups is 1. The molecule has 6 heteroatoms. The number of nitrogens with one attached hydrogen (secondary N) is 1. The molecule has 1 fully saturated rings. The highest BCUT2D eigenvalue weighted by Crippen LogP contribution is 2.24. The molecule has 138 valence electrons. The lowest BCUT2D eigenvalue weighted by Gasteiger charge is -2.10. The number of carbonyl (C=O) groups excluding carboxylic acids is 1. The Labute approximate surface area is 162 Å². The normalized spacial score (nSPS) is 16.5. The van der Waals surface area contributed by atoms with E-state index in [1.165, 1.54) is 22.5 Å². The summed E-state index contributed by atoms with van der Waals surface area (Å²) in [7, 11) is 0. The minimum Gasteiger partial charge on any atom is -0.376 e. The maximum Gasteiger partial charge on any atom is 0.230 e. The van der Waals surface area contributed by atoms with Gasteiger partial charge in [-0.2, -0.15) is 0 Å². The van der Waals surface area contributed by atoms with Crippen LogP contribution in [0.15, 0.2) is 59.6 Å². The number of thioether (sulfide) groups is 1. The molecule has 0 spiro atoms. The average molecular weight is 379 g/mol. The summed E-state index contributed by atoms with van der Waals surface area (Å²) >= 11 is 1.39. The molecular formula is C21H21N3O2S. The Bertz CT molecular complexity index is 924. The van der Waals surface area contributed by atoms with E-state index in [0.29, 0.717) is 12.3 Å². The molecule has 1 atom stereocenters. The zero-order valence-electron chi connectivity index (χ0n) is 14.9. The molecule has 0 unspecified atom stereocenters. The Morgan fingerprint density at radius 1 is 1.11 bits per heavy atom. The molecule has 1 saturated heterocycles. The van der Waals surface area contributed by atoms with Crippen LogP contribution in [0.4, 0.5) is 0 Å². The standard InChI is InChI=1S/C21H21N3O2S/c25-20(22-13-18-6-3-11-26-18)14-27-21-10-9-19(23-24-21)17-8-7-15-4-1-2-5-16(15)12-17/h1-2,4-5,7-10,12,18H,3,6,11,13-14H2,(H,22,25)/t18-/m0/s1. The van der Waals surface area contributed by atoms with E-state index < -0.39 is 0 Å². The van der Waals surface area contributed by atoms with Gasteiger partial charge in [-0.1, -0.05) is 48.2 Å². The average Bonchev–Trinajstić information content (AvgIpc) is 3.24. The topological polar surface area (TPSA) is 64.1 Å². The molecule has 1 N–H and O–H groups in total. The van der Waals surface area contributed by atoms with Crippen LogP contribution >= 0.6 is 11.8 Å². The third-order valence-electron chi connectivity index (χ3n) is 4.59. The molecule has 1 aliphatic heterocycles. The van der Waals surface area contributed by atoms with Crippen molar-refractivity contribution in [1.82, 2.24) is 15.5 Å². The minimum absolute atomic E-state index is 0.00379. The van der Waals surface area contributed by atoms with Crippen molar-refractivity contribution in [3.63, 3.8) is 0 Å². The van der Waals surface area contributed by atoms with E-state index in [9.17, 15) is 4.79 Å². The van der Waals surface area contributed by atoms with Crippen LogP contribution in [0.5, 0.6) is 0 Å². The third kappa shape index (κ3) is 4.64. The lowest BCUT2D eigenvalue weighted by molar-refractivity contribution is -0.119. The first kappa shape index (κ1) is 17.9. The summed E-state index contributed by atoms with van der Waals surface area (Å²) in [4.78, 5) is 12.0. The van der Waals surface area contributed by atoms with Crippen molar-refractivity contribution < 1.29 is 9.53 Å². The van der Waals surface area contributed by atoms with Gasteiger partial charge >= 0.3 is 0 Å². The van der Waals surface area contributed by atoms with Gasteiger partial charge in [0.15, 0.2) is 0 Å². The van der Waals surface area contributed by atoms with Gasteiger partial charge in [0.05, 0.1) is 17.6 Å². The van der Waals surface area contributed by atoms with Crippen molar-refractivity contribution in [2.45, 2.75) is 24.0 Å². The largest absolute Gasteiger partial charge is 0.376 e. The summed E-state index contributed by atoms with van der Waals surface area (Å²) in [5.41, 5.74) is 1.86. The number of amides is 1. The van der Waals surface area contributed by atoms with Crippen LogP contribution in [0.2, 0.25) is 0 Å². The zero-order chi connectivity index (χ0) is 18.5. The van der Waals surface area contributed by atoms with Crippen LogP contribution in [0.25, 0.3) is 22.0 Å². The molecule has 0 saturated carbocycles. The smallest absolute Gasteiger partial charge is 0.230 e. The highest BCUT2D eigenvalue weighted by molar-refractivity contribution is 7.99. The predicted octanol–water partition coefficient (Wildman–Crippen LogP) is 3.68. The number of rotatable bonds is 6. The van der Waals surface area contributed by atoms with Crippen molar-refractivity contribution in [3.8, 4) is 11.3 Å². The molecular weight excluding hydrogens is 358 g/mol. The second-order valence-electron chi connectivity index (χ2n) is 6.55. The number of nitrogens with zero attached hydrogens (tertiary/aromatic N) is 2. The molecule has 1 aliphatic rings. The Kier molecular flexibility index (Phi) is 5.65. The van der Waals surface area contributed by atoms with E-state index in [2.05, 4.69) is 45.8 Å². The van der Waals surface area contributed by atoms with Gasteiger partial charge in [0, 0.05) is 18.7 Å². The van der Waals surface area contributed by atoms with Crippen LogP contribution in [0, 0.1) is 0 Å². The molecule has 2 heterocycles. The molecule has 0 radical (unpaired) electrons. The molecule has 0 aliphatic carbocycles. The maximum absolute atomic E-state index is 12.0. The highest BCUT2D eigenvalue weighted by Gasteiger charge is 2.16. The minimum atomic E-state index is -0.00379. The second-order valence-corrected chi connectivity index (χ2v) is 7.54. The molecule has 5 nitrogen and oxygen atoms in total. The SMILES string of the molecule is O=C(CSc1ccc(-c2ccc3ccccc3c2)nn1)NC[C@@H]1CCCO1. The van der Waals surface area contributed by atoms with Crippen LogP contribution in [-0.2, 0) is 9.53 Å². The summed E-state index contributed by atoms with van der Waals surface area (Å²) in [6.07, 6.45) is 2.27. The van der Waals surface area contributed by atoms with Crippen LogP contribution in [0.1, 0.15) is 12.8 Å². The lowest BCUT2D eigenvalue weighted by Crippen LogP contribution is -2.32. The van der Waals surface area contributed by atoms with Crippen LogP contribution < -0.4 is 5.32 Å². The van der Waals surface area contributed by atoms with Crippen molar-refractivity contribution in [3.05, 3.63) is 54.6 Å². The number of benzene rings is 2. The van der Waals surface area contributed by atoms with E-state index in [1.807, 2.05) is 24.3 Å². The lowest BCUT2D eigenvalue weighted by atomic mass is 10.1. The molecule has 1 amide bonds. The van der Waals surface area contributed by atoms with E-state index in [4.69, 9.17) is 4.74 Å². The first-order chi connectivity index (χ1) is 13.3. The van der Waals surface area contributed by atoms with Crippen molar-refractivity contribution >= 4 is 28.4 Å². The van der Waals surface area contributed by atoms with Gasteiger partial charge in [-0.05, 0) is 41.8 Å². The maximum atomic E-state index is 12.0. The molecule has 0 bridgehead atoms. The first-order valence-electron chi connectivity index (χ1n) is 9.12. The highest BCUT2D eigenvalue weighted by atomic mass is 32.2. The van der Waals surface area contributed by atoms with Gasteiger partial charge < -0.3 is 10.1 Å². The number of fused-ring (bicyclic) bond motifs is 1. The quantitative estimate of drug-likeness (QED) is 0.662. The van der Waals surface area contributed by atoms with Gasteiger partial charge in [0.2, 0.25) is 5.91 Å². The van der Waals surface area contributed by atoms with E-state index in [-0.39, 0.29) is 12.0 Å². The number of aromatic nitrogens is 2. The molecule has 4 rings (SSSR count). The molecule has 1 aromatic heterocycles. The van der Waals surface area contributed by atoms with Crippen molar-refractivity contribution in [1.29, 1.82) is 0 Å². The number of ether oxygens (including phenoxy) is 1. The predicted molar refractivity (Wildman–Crippen MR) is 108 cm³/mol. The second kappa shape index (κ2) is 8.50. The Morgan fingerprint density at radius 2 is 2.00 bits per heavy atom. The van der Waals surface area contributed by atoms with Gasteiger partial charge in [0.25, 0.3) is 0 Å². The number of hydrogen-bond donors (Lipinski definition) is 1. The summed E-state index contributed by atoms with van der Waals surface area (Å²) < 4.78 is 5.50. The van der Waals surface area contributed by atoms with E-state index in [1.54, 1.807) is 0 Å². The summed E-state index contributed by atoms with van der Waals surface area (Å²) in [6, 6.07) is 18.4. The van der Waals surface area contributed by atoms with Crippen LogP contribution in [-0.4, -0.2) is 41.1 Å². The van der Waals surface area contributed by atoms with Gasteiger partial charge in [-0.25, -0.2) is 0 Å². The molecule has 27 heavy (non-hydrogen) atoms. The summed E-state index contributed by atoms with van der Waals surface area (Å²) in [5, 5.41) is 14.6. The fourth-order valence-electron chi connectivity index (χ4n) is 3.12.